The SMILES string of the molecule is O=[N+]([O-])c1cc(S(=O)(=O)N2CCCSCC2)ccc1O. The molecule has 0 aromatic heterocycles. The first-order valence-corrected chi connectivity index (χ1v) is 8.57. The zero-order valence-electron chi connectivity index (χ0n) is 10.6. The van der Waals surface area contributed by atoms with Crippen molar-refractivity contribution in [2.24, 2.45) is 0 Å². The van der Waals surface area contributed by atoms with Crippen molar-refractivity contribution in [2.45, 2.75) is 11.3 Å². The average molecular weight is 318 g/mol. The van der Waals surface area contributed by atoms with Crippen LogP contribution in [-0.4, -0.2) is 47.3 Å². The van der Waals surface area contributed by atoms with Crippen LogP contribution in [0.25, 0.3) is 0 Å². The number of hydrogen-bond acceptors (Lipinski definition) is 6. The lowest BCUT2D eigenvalue weighted by Gasteiger charge is -2.19. The summed E-state index contributed by atoms with van der Waals surface area (Å²) in [5, 5.41) is 20.1. The van der Waals surface area contributed by atoms with Gasteiger partial charge < -0.3 is 5.11 Å². The van der Waals surface area contributed by atoms with Gasteiger partial charge in [0.1, 0.15) is 0 Å². The number of phenolic OH excluding ortho intramolecular Hbond substituents is 1. The Balaban J connectivity index is 2.38. The van der Waals surface area contributed by atoms with Gasteiger partial charge in [0.05, 0.1) is 9.82 Å². The highest BCUT2D eigenvalue weighted by atomic mass is 32.2. The van der Waals surface area contributed by atoms with E-state index in [9.17, 15) is 23.6 Å². The molecule has 0 amide bonds. The van der Waals surface area contributed by atoms with Crippen molar-refractivity contribution >= 4 is 27.5 Å². The number of nitrogens with zero attached hydrogens (tertiary/aromatic N) is 2. The highest BCUT2D eigenvalue weighted by Gasteiger charge is 2.27. The zero-order chi connectivity index (χ0) is 14.8. The third-order valence-corrected chi connectivity index (χ3v) is 5.91. The summed E-state index contributed by atoms with van der Waals surface area (Å²) in [6.07, 6.45) is 0.754. The van der Waals surface area contributed by atoms with E-state index in [1.165, 1.54) is 10.4 Å². The molecule has 1 saturated heterocycles. The number of aromatic hydroxyl groups is 1. The average Bonchev–Trinajstić information content (AvgIpc) is 2.67. The predicted octanol–water partition coefficient (Wildman–Crippen LogP) is 1.43. The molecule has 1 aromatic carbocycles. The Morgan fingerprint density at radius 3 is 2.75 bits per heavy atom. The quantitative estimate of drug-likeness (QED) is 0.668. The lowest BCUT2D eigenvalue weighted by molar-refractivity contribution is -0.386. The molecule has 1 aromatic rings. The Morgan fingerprint density at radius 2 is 2.05 bits per heavy atom. The Morgan fingerprint density at radius 1 is 1.30 bits per heavy atom. The Bertz CT molecular complexity index is 609. The van der Waals surface area contributed by atoms with Crippen molar-refractivity contribution in [3.63, 3.8) is 0 Å². The van der Waals surface area contributed by atoms with Crippen LogP contribution in [0.1, 0.15) is 6.42 Å². The summed E-state index contributed by atoms with van der Waals surface area (Å²) in [5.41, 5.74) is -0.602. The Kier molecular flexibility index (Phi) is 4.51. The number of hydrogen-bond donors (Lipinski definition) is 1. The molecule has 20 heavy (non-hydrogen) atoms. The monoisotopic (exact) mass is 318 g/mol. The molecule has 1 aliphatic rings. The fraction of sp³-hybridized carbons (Fsp3) is 0.455. The van der Waals surface area contributed by atoms with Gasteiger partial charge in [-0.15, -0.1) is 0 Å². The standard InChI is InChI=1S/C11H14N2O5S2/c14-11-3-2-9(8-10(11)13(15)16)20(17,18)12-4-1-6-19-7-5-12/h2-3,8,14H,1,4-7H2. The number of phenols is 1. The van der Waals surface area contributed by atoms with E-state index in [0.717, 1.165) is 24.3 Å². The molecule has 0 unspecified atom stereocenters. The second kappa shape index (κ2) is 5.98. The summed E-state index contributed by atoms with van der Waals surface area (Å²) in [6.45, 7) is 0.797. The molecule has 9 heteroatoms. The molecular formula is C11H14N2O5S2. The lowest BCUT2D eigenvalue weighted by atomic mass is 10.3. The molecule has 1 aliphatic heterocycles. The fourth-order valence-corrected chi connectivity index (χ4v) is 4.42. The second-order valence-corrected chi connectivity index (χ2v) is 7.44. The van der Waals surface area contributed by atoms with Crippen LogP contribution in [0.4, 0.5) is 5.69 Å². The van der Waals surface area contributed by atoms with Crippen molar-refractivity contribution in [2.75, 3.05) is 24.6 Å². The van der Waals surface area contributed by atoms with Gasteiger partial charge in [0.25, 0.3) is 0 Å². The van der Waals surface area contributed by atoms with E-state index in [0.29, 0.717) is 18.8 Å². The van der Waals surface area contributed by atoms with Gasteiger partial charge in [0.15, 0.2) is 5.75 Å². The van der Waals surface area contributed by atoms with Gasteiger partial charge in [-0.05, 0) is 24.3 Å². The summed E-state index contributed by atoms with van der Waals surface area (Å²) in [5.74, 6) is 1.07. The minimum absolute atomic E-state index is 0.158. The zero-order valence-corrected chi connectivity index (χ0v) is 12.2. The Hall–Kier alpha value is -1.32. The molecule has 0 aliphatic carbocycles. The molecule has 0 bridgehead atoms. The van der Waals surface area contributed by atoms with E-state index in [-0.39, 0.29) is 4.90 Å². The summed E-state index contributed by atoms with van der Waals surface area (Å²) in [6, 6.07) is 3.13. The summed E-state index contributed by atoms with van der Waals surface area (Å²) in [7, 11) is -3.75. The maximum absolute atomic E-state index is 12.4. The van der Waals surface area contributed by atoms with E-state index in [1.807, 2.05) is 0 Å². The van der Waals surface area contributed by atoms with Crippen LogP contribution in [0, 0.1) is 10.1 Å². The molecule has 110 valence electrons. The minimum atomic E-state index is -3.75. The van der Waals surface area contributed by atoms with Gasteiger partial charge in [-0.3, -0.25) is 10.1 Å². The first kappa shape index (κ1) is 15.1. The molecule has 7 nitrogen and oxygen atoms in total. The minimum Gasteiger partial charge on any atom is -0.502 e. The van der Waals surface area contributed by atoms with E-state index < -0.39 is 26.4 Å². The first-order valence-electron chi connectivity index (χ1n) is 5.98. The van der Waals surface area contributed by atoms with E-state index >= 15 is 0 Å². The van der Waals surface area contributed by atoms with Gasteiger partial charge in [0.2, 0.25) is 10.0 Å². The van der Waals surface area contributed by atoms with Gasteiger partial charge in [-0.1, -0.05) is 0 Å². The molecule has 1 N–H and O–H groups in total. The summed E-state index contributed by atoms with van der Waals surface area (Å²) >= 11 is 1.69. The third kappa shape index (κ3) is 3.05. The number of rotatable bonds is 3. The molecule has 1 fully saturated rings. The maximum Gasteiger partial charge on any atom is 0.312 e. The molecular weight excluding hydrogens is 304 g/mol. The lowest BCUT2D eigenvalue weighted by Crippen LogP contribution is -2.33. The van der Waals surface area contributed by atoms with E-state index in [1.54, 1.807) is 11.8 Å². The van der Waals surface area contributed by atoms with Gasteiger partial charge in [0, 0.05) is 24.9 Å². The van der Waals surface area contributed by atoms with Crippen molar-refractivity contribution in [3.05, 3.63) is 28.3 Å². The molecule has 0 saturated carbocycles. The van der Waals surface area contributed by atoms with E-state index in [4.69, 9.17) is 0 Å². The summed E-state index contributed by atoms with van der Waals surface area (Å²) in [4.78, 5) is 9.81. The van der Waals surface area contributed by atoms with Crippen LogP contribution in [0.5, 0.6) is 5.75 Å². The predicted molar refractivity (Wildman–Crippen MR) is 75.5 cm³/mol. The third-order valence-electron chi connectivity index (χ3n) is 2.96. The number of thioether (sulfide) groups is 1. The van der Waals surface area contributed by atoms with Crippen LogP contribution < -0.4 is 0 Å². The molecule has 1 heterocycles. The van der Waals surface area contributed by atoms with Gasteiger partial charge in [-0.2, -0.15) is 16.1 Å². The van der Waals surface area contributed by atoms with Crippen LogP contribution in [0.2, 0.25) is 0 Å². The van der Waals surface area contributed by atoms with Crippen molar-refractivity contribution < 1.29 is 18.4 Å². The number of nitro benzene ring substituents is 1. The highest BCUT2D eigenvalue weighted by molar-refractivity contribution is 7.99. The fourth-order valence-electron chi connectivity index (χ4n) is 1.92. The number of sulfonamides is 1. The largest absolute Gasteiger partial charge is 0.502 e. The van der Waals surface area contributed by atoms with Crippen LogP contribution >= 0.6 is 11.8 Å². The molecule has 2 rings (SSSR count). The first-order chi connectivity index (χ1) is 9.43. The van der Waals surface area contributed by atoms with Crippen molar-refractivity contribution in [1.82, 2.24) is 4.31 Å². The van der Waals surface area contributed by atoms with Crippen LogP contribution in [-0.2, 0) is 10.0 Å². The molecule has 0 radical (unpaired) electrons. The number of benzene rings is 1. The second-order valence-electron chi connectivity index (χ2n) is 4.28. The van der Waals surface area contributed by atoms with E-state index in [2.05, 4.69) is 0 Å². The topological polar surface area (TPSA) is 101 Å². The normalized spacial score (nSPS) is 17.6. The maximum atomic E-state index is 12.4. The van der Waals surface area contributed by atoms with Crippen LogP contribution in [0.15, 0.2) is 23.1 Å². The van der Waals surface area contributed by atoms with Gasteiger partial charge >= 0.3 is 5.69 Å². The summed E-state index contributed by atoms with van der Waals surface area (Å²) < 4.78 is 26.2. The van der Waals surface area contributed by atoms with Crippen molar-refractivity contribution in [1.29, 1.82) is 0 Å². The highest BCUT2D eigenvalue weighted by Crippen LogP contribution is 2.30. The number of nitro groups is 1. The van der Waals surface area contributed by atoms with Crippen molar-refractivity contribution in [3.8, 4) is 5.75 Å². The van der Waals surface area contributed by atoms with Crippen LogP contribution in [0.3, 0.4) is 0 Å². The Labute approximate surface area is 120 Å². The molecule has 0 atom stereocenters. The van der Waals surface area contributed by atoms with Gasteiger partial charge in [-0.25, -0.2) is 8.42 Å². The smallest absolute Gasteiger partial charge is 0.312 e. The molecule has 0 spiro atoms.